The summed E-state index contributed by atoms with van der Waals surface area (Å²) in [5.74, 6) is 0.238. The van der Waals surface area contributed by atoms with Gasteiger partial charge >= 0.3 is 0 Å². The van der Waals surface area contributed by atoms with Crippen LogP contribution in [0, 0.1) is 5.92 Å². The number of imide groups is 1. The van der Waals surface area contributed by atoms with Gasteiger partial charge in [-0.2, -0.15) is 0 Å². The molecule has 1 unspecified atom stereocenters. The lowest BCUT2D eigenvalue weighted by Gasteiger charge is -2.35. The summed E-state index contributed by atoms with van der Waals surface area (Å²) in [5.41, 5.74) is 2.60. The van der Waals surface area contributed by atoms with Crippen LogP contribution in [0.1, 0.15) is 86.6 Å². The quantitative estimate of drug-likeness (QED) is 0.277. The van der Waals surface area contributed by atoms with E-state index < -0.39 is 6.04 Å². The second-order valence-corrected chi connectivity index (χ2v) is 11.7. The maximum Gasteiger partial charge on any atom is 0.255 e. The van der Waals surface area contributed by atoms with E-state index >= 15 is 0 Å². The number of benzene rings is 1. The highest BCUT2D eigenvalue weighted by molar-refractivity contribution is 6.06. The van der Waals surface area contributed by atoms with Gasteiger partial charge in [-0.15, -0.1) is 0 Å². The van der Waals surface area contributed by atoms with Crippen LogP contribution in [-0.2, 0) is 16.1 Å². The third kappa shape index (κ3) is 6.75. The number of rotatable bonds is 10. The van der Waals surface area contributed by atoms with Crippen molar-refractivity contribution in [3.05, 3.63) is 29.3 Å². The molecule has 1 aromatic carbocycles. The number of fused-ring (bicyclic) bond motifs is 1. The average molecular weight is 524 g/mol. The fraction of sp³-hybridized carbons (Fsp3) is 0.700. The van der Waals surface area contributed by atoms with Crippen LogP contribution in [0.5, 0.6) is 0 Å². The van der Waals surface area contributed by atoms with E-state index in [-0.39, 0.29) is 24.1 Å². The van der Waals surface area contributed by atoms with Gasteiger partial charge in [-0.25, -0.2) is 0 Å². The Hall–Kier alpha value is -2.45. The number of amides is 3. The number of carbonyl (C=O) groups is 3. The van der Waals surface area contributed by atoms with Crippen molar-refractivity contribution in [1.29, 1.82) is 0 Å². The molecule has 8 nitrogen and oxygen atoms in total. The summed E-state index contributed by atoms with van der Waals surface area (Å²) in [7, 11) is 0. The lowest BCUT2D eigenvalue weighted by atomic mass is 9.95. The van der Waals surface area contributed by atoms with E-state index in [0.29, 0.717) is 18.5 Å². The molecule has 1 saturated carbocycles. The molecule has 2 saturated heterocycles. The van der Waals surface area contributed by atoms with E-state index in [1.165, 1.54) is 71.0 Å². The number of piperazine rings is 1. The Kier molecular flexibility index (Phi) is 9.33. The van der Waals surface area contributed by atoms with E-state index in [1.807, 2.05) is 18.2 Å². The van der Waals surface area contributed by atoms with Crippen molar-refractivity contribution in [2.75, 3.05) is 51.1 Å². The van der Waals surface area contributed by atoms with Crippen molar-refractivity contribution >= 4 is 23.4 Å². The molecule has 4 aliphatic rings. The predicted molar refractivity (Wildman–Crippen MR) is 149 cm³/mol. The van der Waals surface area contributed by atoms with Gasteiger partial charge in [0.1, 0.15) is 6.04 Å². The first-order chi connectivity index (χ1) is 18.6. The maximum atomic E-state index is 13.0. The second kappa shape index (κ2) is 13.1. The topological polar surface area (TPSA) is 85.0 Å². The summed E-state index contributed by atoms with van der Waals surface area (Å²) in [6.45, 7) is 8.28. The summed E-state index contributed by atoms with van der Waals surface area (Å²) in [6, 6.07) is 5.19. The van der Waals surface area contributed by atoms with Gasteiger partial charge in [0, 0.05) is 62.5 Å². The van der Waals surface area contributed by atoms with Gasteiger partial charge in [0.05, 0.1) is 0 Å². The fourth-order valence-electron chi connectivity index (χ4n) is 6.77. The van der Waals surface area contributed by atoms with Gasteiger partial charge in [-0.05, 0) is 56.8 Å². The van der Waals surface area contributed by atoms with Gasteiger partial charge in [0.2, 0.25) is 11.8 Å². The zero-order valence-electron chi connectivity index (χ0n) is 22.9. The largest absolute Gasteiger partial charge is 0.385 e. The molecule has 208 valence electrons. The maximum absolute atomic E-state index is 13.0. The molecule has 3 amide bonds. The average Bonchev–Trinajstić information content (AvgIpc) is 3.07. The number of nitrogens with zero attached hydrogens (tertiary/aromatic N) is 3. The molecule has 0 bridgehead atoms. The summed E-state index contributed by atoms with van der Waals surface area (Å²) in [4.78, 5) is 43.7. The summed E-state index contributed by atoms with van der Waals surface area (Å²) in [6.07, 6.45) is 13.2. The molecular formula is C30H45N5O3. The Labute approximate surface area is 227 Å². The minimum absolute atomic E-state index is 0.120. The van der Waals surface area contributed by atoms with Crippen LogP contribution in [0.3, 0.4) is 0 Å². The lowest BCUT2D eigenvalue weighted by Crippen LogP contribution is -2.52. The molecule has 2 N–H and O–H groups in total. The number of carbonyl (C=O) groups excluding carboxylic acids is 3. The molecule has 0 radical (unpaired) electrons. The molecule has 38 heavy (non-hydrogen) atoms. The van der Waals surface area contributed by atoms with Gasteiger partial charge < -0.3 is 20.0 Å². The van der Waals surface area contributed by atoms with Crippen LogP contribution >= 0.6 is 0 Å². The highest BCUT2D eigenvalue weighted by Crippen LogP contribution is 2.32. The van der Waals surface area contributed by atoms with Crippen molar-refractivity contribution in [3.8, 4) is 0 Å². The third-order valence-electron chi connectivity index (χ3n) is 9.08. The monoisotopic (exact) mass is 523 g/mol. The second-order valence-electron chi connectivity index (χ2n) is 11.7. The van der Waals surface area contributed by atoms with Crippen LogP contribution < -0.4 is 10.6 Å². The molecule has 5 rings (SSSR count). The lowest BCUT2D eigenvalue weighted by molar-refractivity contribution is -0.136. The van der Waals surface area contributed by atoms with Crippen molar-refractivity contribution in [2.24, 2.45) is 5.92 Å². The summed E-state index contributed by atoms with van der Waals surface area (Å²) < 4.78 is 0. The molecule has 8 heteroatoms. The highest BCUT2D eigenvalue weighted by Gasteiger charge is 2.39. The number of hydrogen-bond acceptors (Lipinski definition) is 6. The Morgan fingerprint density at radius 3 is 2.29 bits per heavy atom. The first kappa shape index (κ1) is 27.1. The molecular weight excluding hydrogens is 478 g/mol. The van der Waals surface area contributed by atoms with E-state index in [2.05, 4.69) is 20.4 Å². The third-order valence-corrected chi connectivity index (χ3v) is 9.08. The first-order valence-corrected chi connectivity index (χ1v) is 15.0. The Morgan fingerprint density at radius 2 is 1.58 bits per heavy atom. The Bertz CT molecular complexity index is 982. The van der Waals surface area contributed by atoms with E-state index in [0.717, 1.165) is 49.8 Å². The summed E-state index contributed by atoms with van der Waals surface area (Å²) >= 11 is 0. The van der Waals surface area contributed by atoms with Crippen LogP contribution in [-0.4, -0.2) is 84.3 Å². The normalized spacial score (nSPS) is 23.8. The SMILES string of the molecule is O=C1CCC(N2Cc3c(NCCCN4CCN(CCCC5CCCCCC5)CC4)cccc3C2=O)C(=O)N1. The molecule has 1 aromatic rings. The minimum Gasteiger partial charge on any atom is -0.385 e. The van der Waals surface area contributed by atoms with Crippen LogP contribution in [0.4, 0.5) is 5.69 Å². The number of nitrogens with one attached hydrogen (secondary N) is 2. The predicted octanol–water partition coefficient (Wildman–Crippen LogP) is 3.62. The van der Waals surface area contributed by atoms with Gasteiger partial charge in [0.15, 0.2) is 0 Å². The van der Waals surface area contributed by atoms with E-state index in [1.54, 1.807) is 4.90 Å². The minimum atomic E-state index is -0.573. The van der Waals surface area contributed by atoms with Crippen LogP contribution in [0.2, 0.25) is 0 Å². The molecule has 3 aliphatic heterocycles. The van der Waals surface area contributed by atoms with Crippen molar-refractivity contribution in [1.82, 2.24) is 20.0 Å². The molecule has 3 heterocycles. The van der Waals surface area contributed by atoms with Crippen molar-refractivity contribution in [3.63, 3.8) is 0 Å². The standard InChI is InChI=1S/C30H45N5O3/c36-28-14-13-27(29(37)32-28)35-22-25-24(30(35)38)11-5-12-26(25)31-15-7-17-34-20-18-33(19-21-34)16-6-10-23-8-3-1-2-4-9-23/h5,11-12,23,27,31H,1-4,6-10,13-22H2,(H,32,36,37). The zero-order chi connectivity index (χ0) is 26.3. The number of piperidine rings is 1. The molecule has 3 fully saturated rings. The van der Waals surface area contributed by atoms with Crippen molar-refractivity contribution in [2.45, 2.75) is 83.2 Å². The molecule has 1 atom stereocenters. The van der Waals surface area contributed by atoms with Crippen molar-refractivity contribution < 1.29 is 14.4 Å². The smallest absolute Gasteiger partial charge is 0.255 e. The van der Waals surface area contributed by atoms with Gasteiger partial charge in [-0.1, -0.05) is 44.6 Å². The first-order valence-electron chi connectivity index (χ1n) is 15.0. The summed E-state index contributed by atoms with van der Waals surface area (Å²) in [5, 5.41) is 5.92. The highest BCUT2D eigenvalue weighted by atomic mass is 16.2. The zero-order valence-corrected chi connectivity index (χ0v) is 22.9. The van der Waals surface area contributed by atoms with Crippen LogP contribution in [0.25, 0.3) is 0 Å². The fourth-order valence-corrected chi connectivity index (χ4v) is 6.77. The Morgan fingerprint density at radius 1 is 0.868 bits per heavy atom. The number of hydrogen-bond donors (Lipinski definition) is 2. The molecule has 0 spiro atoms. The number of anilines is 1. The molecule has 1 aliphatic carbocycles. The molecule has 0 aromatic heterocycles. The van der Waals surface area contributed by atoms with Gasteiger partial charge in [0.25, 0.3) is 5.91 Å². The van der Waals surface area contributed by atoms with E-state index in [4.69, 9.17) is 0 Å². The Balaban J connectivity index is 1.01. The van der Waals surface area contributed by atoms with Crippen LogP contribution in [0.15, 0.2) is 18.2 Å². The van der Waals surface area contributed by atoms with Gasteiger partial charge in [-0.3, -0.25) is 19.7 Å². The van der Waals surface area contributed by atoms with E-state index in [9.17, 15) is 14.4 Å².